The number of hydrogen-bond donors (Lipinski definition) is 1. The fourth-order valence-corrected chi connectivity index (χ4v) is 3.30. The molecular weight excluding hydrogens is 393 g/mol. The van der Waals surface area contributed by atoms with E-state index in [1.165, 1.54) is 11.8 Å². The first-order valence-corrected chi connectivity index (χ1v) is 9.68. The van der Waals surface area contributed by atoms with E-state index in [4.69, 9.17) is 27.7 Å². The molecule has 1 aromatic heterocycles. The van der Waals surface area contributed by atoms with Gasteiger partial charge < -0.3 is 9.84 Å². The van der Waals surface area contributed by atoms with Crippen LogP contribution in [0.25, 0.3) is 11.4 Å². The van der Waals surface area contributed by atoms with Crippen LogP contribution in [0.4, 0.5) is 0 Å². The topological polar surface area (TPSA) is 68.0 Å². The molecule has 3 rings (SSSR count). The van der Waals surface area contributed by atoms with Crippen LogP contribution in [0.15, 0.2) is 53.1 Å². The lowest BCUT2D eigenvalue weighted by Gasteiger charge is -2.03. The largest absolute Gasteiger partial charge is 0.346 e. The molecule has 2 aromatic carbocycles. The minimum Gasteiger partial charge on any atom is -0.346 e. The summed E-state index contributed by atoms with van der Waals surface area (Å²) < 4.78 is 5.16. The van der Waals surface area contributed by atoms with Crippen LogP contribution in [0.1, 0.15) is 11.5 Å². The van der Waals surface area contributed by atoms with Gasteiger partial charge in [-0.05, 0) is 42.0 Å². The van der Waals surface area contributed by atoms with Crippen molar-refractivity contribution in [2.24, 2.45) is 0 Å². The fourth-order valence-electron chi connectivity index (χ4n) is 2.16. The van der Waals surface area contributed by atoms with E-state index in [0.29, 0.717) is 27.5 Å². The number of aromatic nitrogens is 2. The minimum atomic E-state index is -0.0942. The van der Waals surface area contributed by atoms with Gasteiger partial charge in [-0.2, -0.15) is 4.98 Å². The number of nitrogens with one attached hydrogen (secondary N) is 1. The number of carbonyl (C=O) groups excluding carboxylic acids is 1. The predicted octanol–water partition coefficient (Wildman–Crippen LogP) is 4.59. The van der Waals surface area contributed by atoms with Gasteiger partial charge in [0.2, 0.25) is 17.6 Å². The molecule has 3 aromatic rings. The molecule has 0 atom stereocenters. The van der Waals surface area contributed by atoms with Crippen LogP contribution in [-0.2, 0) is 17.1 Å². The van der Waals surface area contributed by atoms with E-state index in [1.54, 1.807) is 12.1 Å². The molecule has 0 saturated heterocycles. The second kappa shape index (κ2) is 9.07. The maximum absolute atomic E-state index is 11.9. The van der Waals surface area contributed by atoms with Gasteiger partial charge in [0, 0.05) is 21.4 Å². The number of carbonyl (C=O) groups is 1. The second-order valence-electron chi connectivity index (χ2n) is 5.42. The lowest BCUT2D eigenvalue weighted by atomic mass is 10.2. The standard InChI is InChI=1S/C18H15Cl2N3O2S/c19-14-6-4-13(5-7-14)18-22-17(25-23-18)9-21-16(24)11-26-10-12-2-1-3-15(20)8-12/h1-8H,9-11H2,(H,21,24). The summed E-state index contributed by atoms with van der Waals surface area (Å²) >= 11 is 13.3. The minimum absolute atomic E-state index is 0.0942. The smallest absolute Gasteiger partial charge is 0.246 e. The molecule has 0 aliphatic rings. The predicted molar refractivity (Wildman–Crippen MR) is 104 cm³/mol. The zero-order valence-electron chi connectivity index (χ0n) is 13.6. The van der Waals surface area contributed by atoms with E-state index in [0.717, 1.165) is 16.9 Å². The zero-order valence-corrected chi connectivity index (χ0v) is 15.9. The summed E-state index contributed by atoms with van der Waals surface area (Å²) in [5.41, 5.74) is 1.88. The van der Waals surface area contributed by atoms with E-state index in [9.17, 15) is 4.79 Å². The fraction of sp³-hybridized carbons (Fsp3) is 0.167. The Morgan fingerprint density at radius 2 is 1.92 bits per heavy atom. The molecule has 1 amide bonds. The Labute approximate surface area is 165 Å². The number of halogens is 2. The molecule has 1 N–H and O–H groups in total. The highest BCUT2D eigenvalue weighted by molar-refractivity contribution is 7.99. The molecular formula is C18H15Cl2N3O2S. The van der Waals surface area contributed by atoms with Crippen molar-refractivity contribution in [3.8, 4) is 11.4 Å². The van der Waals surface area contributed by atoms with E-state index in [2.05, 4.69) is 15.5 Å². The summed E-state index contributed by atoms with van der Waals surface area (Å²) in [6, 6.07) is 14.7. The number of hydrogen-bond acceptors (Lipinski definition) is 5. The molecule has 134 valence electrons. The normalized spacial score (nSPS) is 10.7. The van der Waals surface area contributed by atoms with E-state index < -0.39 is 0 Å². The highest BCUT2D eigenvalue weighted by Gasteiger charge is 2.10. The van der Waals surface area contributed by atoms with Gasteiger partial charge in [0.25, 0.3) is 0 Å². The Bertz CT molecular complexity index is 884. The van der Waals surface area contributed by atoms with Gasteiger partial charge in [0.1, 0.15) is 0 Å². The van der Waals surface area contributed by atoms with E-state index >= 15 is 0 Å². The summed E-state index contributed by atoms with van der Waals surface area (Å²) in [5.74, 6) is 1.77. The molecule has 0 saturated carbocycles. The summed E-state index contributed by atoms with van der Waals surface area (Å²) in [5, 5.41) is 8.01. The average Bonchev–Trinajstić information content (AvgIpc) is 3.10. The summed E-state index contributed by atoms with van der Waals surface area (Å²) in [7, 11) is 0. The van der Waals surface area contributed by atoms with Crippen LogP contribution in [0, 0.1) is 0 Å². The lowest BCUT2D eigenvalue weighted by Crippen LogP contribution is -2.24. The Morgan fingerprint density at radius 3 is 2.69 bits per heavy atom. The lowest BCUT2D eigenvalue weighted by molar-refractivity contribution is -0.118. The molecule has 5 nitrogen and oxygen atoms in total. The Balaban J connectivity index is 1.44. The number of benzene rings is 2. The van der Waals surface area contributed by atoms with Crippen molar-refractivity contribution in [1.29, 1.82) is 0 Å². The number of thioether (sulfide) groups is 1. The van der Waals surface area contributed by atoms with Gasteiger partial charge in [0.05, 0.1) is 12.3 Å². The Kier molecular flexibility index (Phi) is 6.55. The summed E-state index contributed by atoms with van der Waals surface area (Å²) in [4.78, 5) is 16.2. The van der Waals surface area contributed by atoms with Gasteiger partial charge in [0.15, 0.2) is 0 Å². The molecule has 0 spiro atoms. The number of nitrogens with zero attached hydrogens (tertiary/aromatic N) is 2. The van der Waals surface area contributed by atoms with Crippen molar-refractivity contribution in [3.05, 3.63) is 70.0 Å². The highest BCUT2D eigenvalue weighted by atomic mass is 35.5. The van der Waals surface area contributed by atoms with Crippen molar-refractivity contribution in [2.45, 2.75) is 12.3 Å². The molecule has 26 heavy (non-hydrogen) atoms. The van der Waals surface area contributed by atoms with Crippen LogP contribution >= 0.6 is 35.0 Å². The third-order valence-corrected chi connectivity index (χ3v) is 4.89. The quantitative estimate of drug-likeness (QED) is 0.619. The maximum atomic E-state index is 11.9. The maximum Gasteiger partial charge on any atom is 0.246 e. The molecule has 0 aliphatic heterocycles. The Hall–Kier alpha value is -2.02. The molecule has 1 heterocycles. The van der Waals surface area contributed by atoms with Gasteiger partial charge in [-0.1, -0.05) is 40.5 Å². The van der Waals surface area contributed by atoms with Crippen molar-refractivity contribution < 1.29 is 9.32 Å². The SMILES string of the molecule is O=C(CSCc1cccc(Cl)c1)NCc1nc(-c2ccc(Cl)cc2)no1. The number of rotatable bonds is 7. The van der Waals surface area contributed by atoms with Crippen molar-refractivity contribution >= 4 is 40.9 Å². The zero-order chi connectivity index (χ0) is 18.4. The summed E-state index contributed by atoms with van der Waals surface area (Å²) in [6.45, 7) is 0.192. The molecule has 0 unspecified atom stereocenters. The highest BCUT2D eigenvalue weighted by Crippen LogP contribution is 2.19. The van der Waals surface area contributed by atoms with Gasteiger partial charge >= 0.3 is 0 Å². The monoisotopic (exact) mass is 407 g/mol. The number of amides is 1. The summed E-state index contributed by atoms with van der Waals surface area (Å²) in [6.07, 6.45) is 0. The van der Waals surface area contributed by atoms with Crippen LogP contribution in [-0.4, -0.2) is 21.8 Å². The second-order valence-corrected chi connectivity index (χ2v) is 7.28. The molecule has 0 aliphatic carbocycles. The first-order valence-electron chi connectivity index (χ1n) is 7.77. The van der Waals surface area contributed by atoms with Crippen molar-refractivity contribution in [3.63, 3.8) is 0 Å². The molecule has 0 fully saturated rings. The first-order chi connectivity index (χ1) is 12.6. The van der Waals surface area contributed by atoms with Gasteiger partial charge in [-0.15, -0.1) is 11.8 Å². The van der Waals surface area contributed by atoms with Gasteiger partial charge in [-0.25, -0.2) is 0 Å². The Morgan fingerprint density at radius 1 is 1.12 bits per heavy atom. The third-order valence-electron chi connectivity index (χ3n) is 3.40. The van der Waals surface area contributed by atoms with Crippen LogP contribution in [0.3, 0.4) is 0 Å². The van der Waals surface area contributed by atoms with Crippen LogP contribution in [0.2, 0.25) is 10.0 Å². The van der Waals surface area contributed by atoms with E-state index in [1.807, 2.05) is 36.4 Å². The van der Waals surface area contributed by atoms with E-state index in [-0.39, 0.29) is 12.5 Å². The third kappa shape index (κ3) is 5.49. The average molecular weight is 408 g/mol. The molecule has 8 heteroatoms. The first kappa shape index (κ1) is 18.8. The van der Waals surface area contributed by atoms with Gasteiger partial charge in [-0.3, -0.25) is 4.79 Å². The van der Waals surface area contributed by atoms with Crippen molar-refractivity contribution in [2.75, 3.05) is 5.75 Å². The molecule has 0 radical (unpaired) electrons. The van der Waals surface area contributed by atoms with Crippen molar-refractivity contribution in [1.82, 2.24) is 15.5 Å². The van der Waals surface area contributed by atoms with Crippen LogP contribution < -0.4 is 5.32 Å². The van der Waals surface area contributed by atoms with Crippen LogP contribution in [0.5, 0.6) is 0 Å². The molecule has 0 bridgehead atoms.